The lowest BCUT2D eigenvalue weighted by molar-refractivity contribution is -0.178. The molecular formula is C9H13F2NO. The summed E-state index contributed by atoms with van der Waals surface area (Å²) in [5.74, 6) is -2.71. The lowest BCUT2D eigenvalue weighted by Gasteiger charge is -2.46. The van der Waals surface area contributed by atoms with Gasteiger partial charge in [-0.25, -0.2) is 8.78 Å². The molecule has 2 aliphatic rings. The molecule has 0 spiro atoms. The molecule has 1 saturated carbocycles. The minimum absolute atomic E-state index is 0.0790. The number of amides is 1. The summed E-state index contributed by atoms with van der Waals surface area (Å²) in [6.45, 7) is 1.12. The van der Waals surface area contributed by atoms with Crippen LogP contribution in [0.4, 0.5) is 8.78 Å². The number of alkyl halides is 2. The molecule has 0 aromatic carbocycles. The van der Waals surface area contributed by atoms with Crippen molar-refractivity contribution in [1.29, 1.82) is 0 Å². The van der Waals surface area contributed by atoms with E-state index in [-0.39, 0.29) is 24.4 Å². The van der Waals surface area contributed by atoms with Crippen molar-refractivity contribution in [3.8, 4) is 0 Å². The third-order valence-corrected chi connectivity index (χ3v) is 3.11. The highest BCUT2D eigenvalue weighted by atomic mass is 19.3. The van der Waals surface area contributed by atoms with Gasteiger partial charge in [0, 0.05) is 5.41 Å². The first kappa shape index (κ1) is 8.91. The van der Waals surface area contributed by atoms with E-state index in [0.29, 0.717) is 0 Å². The van der Waals surface area contributed by atoms with E-state index in [9.17, 15) is 13.6 Å². The molecule has 4 heteroatoms. The lowest BCUT2D eigenvalue weighted by atomic mass is 9.69. The van der Waals surface area contributed by atoms with Gasteiger partial charge < -0.3 is 4.90 Å². The average molecular weight is 189 g/mol. The first-order valence-corrected chi connectivity index (χ1v) is 4.60. The number of carbonyl (C=O) groups is 1. The second kappa shape index (κ2) is 2.42. The van der Waals surface area contributed by atoms with Crippen molar-refractivity contribution < 1.29 is 13.6 Å². The maximum absolute atomic E-state index is 12.5. The summed E-state index contributed by atoms with van der Waals surface area (Å²) >= 11 is 0. The molecule has 1 aliphatic carbocycles. The largest absolute Gasteiger partial charge is 0.330 e. The second-order valence-corrected chi connectivity index (χ2v) is 4.43. The molecule has 0 aromatic heterocycles. The van der Waals surface area contributed by atoms with Gasteiger partial charge in [0.2, 0.25) is 5.91 Å². The molecule has 2 rings (SSSR count). The van der Waals surface area contributed by atoms with Crippen molar-refractivity contribution in [2.45, 2.75) is 32.1 Å². The number of hydrogen-bond donors (Lipinski definition) is 0. The van der Waals surface area contributed by atoms with Gasteiger partial charge in [-0.15, -0.1) is 0 Å². The first-order chi connectivity index (χ1) is 5.93. The van der Waals surface area contributed by atoms with Crippen LogP contribution in [0.2, 0.25) is 0 Å². The number of halogens is 2. The maximum atomic E-state index is 12.5. The van der Waals surface area contributed by atoms with E-state index >= 15 is 0 Å². The molecule has 0 aromatic rings. The summed E-state index contributed by atoms with van der Waals surface area (Å²) < 4.78 is 24.9. The Labute approximate surface area is 75.9 Å². The molecule has 2 fully saturated rings. The van der Waals surface area contributed by atoms with Gasteiger partial charge in [0.05, 0.1) is 13.1 Å². The fourth-order valence-electron chi connectivity index (χ4n) is 1.96. The third kappa shape index (κ3) is 1.32. The van der Waals surface area contributed by atoms with Gasteiger partial charge in [-0.2, -0.15) is 0 Å². The van der Waals surface area contributed by atoms with Gasteiger partial charge in [-0.3, -0.25) is 4.79 Å². The summed E-state index contributed by atoms with van der Waals surface area (Å²) in [7, 11) is 0. The second-order valence-electron chi connectivity index (χ2n) is 4.43. The Morgan fingerprint density at radius 2 is 1.85 bits per heavy atom. The van der Waals surface area contributed by atoms with Gasteiger partial charge in [0.25, 0.3) is 5.92 Å². The Morgan fingerprint density at radius 1 is 1.31 bits per heavy atom. The zero-order valence-corrected chi connectivity index (χ0v) is 7.65. The molecule has 1 saturated heterocycles. The minimum Gasteiger partial charge on any atom is -0.330 e. The molecule has 0 unspecified atom stereocenters. The van der Waals surface area contributed by atoms with Crippen LogP contribution in [0.15, 0.2) is 0 Å². The highest BCUT2D eigenvalue weighted by Gasteiger charge is 2.51. The monoisotopic (exact) mass is 189 g/mol. The topological polar surface area (TPSA) is 20.3 Å². The molecule has 13 heavy (non-hydrogen) atoms. The van der Waals surface area contributed by atoms with Gasteiger partial charge >= 0.3 is 0 Å². The fraction of sp³-hybridized carbons (Fsp3) is 0.889. The predicted molar refractivity (Wildman–Crippen MR) is 43.5 cm³/mol. The van der Waals surface area contributed by atoms with Crippen molar-refractivity contribution >= 4 is 5.91 Å². The van der Waals surface area contributed by atoms with Crippen LogP contribution in [0.25, 0.3) is 0 Å². The summed E-state index contributed by atoms with van der Waals surface area (Å²) in [6, 6.07) is 0. The van der Waals surface area contributed by atoms with Gasteiger partial charge in [0.1, 0.15) is 0 Å². The number of carbonyl (C=O) groups excluding carboxylic acids is 1. The Bertz CT molecular complexity index is 240. The van der Waals surface area contributed by atoms with Crippen LogP contribution in [-0.4, -0.2) is 29.8 Å². The SMILES string of the molecule is CC1(C(=O)N2CC(F)(F)C2)CCC1. The smallest absolute Gasteiger partial charge is 0.282 e. The van der Waals surface area contributed by atoms with Crippen molar-refractivity contribution in [3.05, 3.63) is 0 Å². The quantitative estimate of drug-likeness (QED) is 0.614. The maximum Gasteiger partial charge on any atom is 0.282 e. The zero-order chi connectivity index (χ0) is 9.69. The van der Waals surface area contributed by atoms with Crippen molar-refractivity contribution in [1.82, 2.24) is 4.90 Å². The fourth-order valence-corrected chi connectivity index (χ4v) is 1.96. The van der Waals surface area contributed by atoms with E-state index in [0.717, 1.165) is 19.3 Å². The van der Waals surface area contributed by atoms with Crippen LogP contribution in [-0.2, 0) is 4.79 Å². The first-order valence-electron chi connectivity index (χ1n) is 4.60. The van der Waals surface area contributed by atoms with E-state index < -0.39 is 5.92 Å². The standard InChI is InChI=1S/C9H13F2NO/c1-8(3-2-4-8)7(13)12-5-9(10,11)6-12/h2-6H2,1H3. The Balaban J connectivity index is 1.93. The summed E-state index contributed by atoms with van der Waals surface area (Å²) in [5, 5.41) is 0. The number of hydrogen-bond acceptors (Lipinski definition) is 1. The minimum atomic E-state index is -2.63. The van der Waals surface area contributed by atoms with Crippen LogP contribution in [0, 0.1) is 5.41 Å². The molecule has 0 N–H and O–H groups in total. The molecule has 1 heterocycles. The highest BCUT2D eigenvalue weighted by molar-refractivity contribution is 5.84. The number of nitrogens with zero attached hydrogens (tertiary/aromatic N) is 1. The molecular weight excluding hydrogens is 176 g/mol. The lowest BCUT2D eigenvalue weighted by Crippen LogP contribution is -2.62. The number of rotatable bonds is 1. The normalized spacial score (nSPS) is 29.0. The summed E-state index contributed by atoms with van der Waals surface area (Å²) in [6.07, 6.45) is 2.76. The van der Waals surface area contributed by atoms with Crippen molar-refractivity contribution in [2.75, 3.05) is 13.1 Å². The average Bonchev–Trinajstić information content (AvgIpc) is 1.94. The Morgan fingerprint density at radius 3 is 2.15 bits per heavy atom. The third-order valence-electron chi connectivity index (χ3n) is 3.11. The summed E-state index contributed by atoms with van der Waals surface area (Å²) in [5.41, 5.74) is -0.323. The van der Waals surface area contributed by atoms with Crippen LogP contribution in [0.5, 0.6) is 0 Å². The molecule has 74 valence electrons. The van der Waals surface area contributed by atoms with Gasteiger partial charge in [-0.05, 0) is 12.8 Å². The summed E-state index contributed by atoms with van der Waals surface area (Å²) in [4.78, 5) is 12.9. The van der Waals surface area contributed by atoms with Crippen LogP contribution >= 0.6 is 0 Å². The van der Waals surface area contributed by atoms with E-state index in [2.05, 4.69) is 0 Å². The molecule has 1 aliphatic heterocycles. The van der Waals surface area contributed by atoms with E-state index in [1.54, 1.807) is 0 Å². The highest BCUT2D eigenvalue weighted by Crippen LogP contribution is 2.43. The van der Waals surface area contributed by atoms with E-state index in [1.165, 1.54) is 4.90 Å². The number of likely N-dealkylation sites (tertiary alicyclic amines) is 1. The Hall–Kier alpha value is -0.670. The zero-order valence-electron chi connectivity index (χ0n) is 7.65. The Kier molecular flexibility index (Phi) is 1.66. The predicted octanol–water partition coefficient (Wildman–Crippen LogP) is 1.65. The van der Waals surface area contributed by atoms with E-state index in [1.807, 2.05) is 6.92 Å². The molecule has 0 bridgehead atoms. The molecule has 0 radical (unpaired) electrons. The molecule has 1 amide bonds. The van der Waals surface area contributed by atoms with Crippen LogP contribution < -0.4 is 0 Å². The van der Waals surface area contributed by atoms with Gasteiger partial charge in [0.15, 0.2) is 0 Å². The van der Waals surface area contributed by atoms with Crippen LogP contribution in [0.3, 0.4) is 0 Å². The van der Waals surface area contributed by atoms with Crippen molar-refractivity contribution in [2.24, 2.45) is 5.41 Å². The molecule has 0 atom stereocenters. The van der Waals surface area contributed by atoms with Crippen LogP contribution in [0.1, 0.15) is 26.2 Å². The molecule has 2 nitrogen and oxygen atoms in total. The van der Waals surface area contributed by atoms with Gasteiger partial charge in [-0.1, -0.05) is 13.3 Å². The van der Waals surface area contributed by atoms with Crippen molar-refractivity contribution in [3.63, 3.8) is 0 Å². The van der Waals surface area contributed by atoms with E-state index in [4.69, 9.17) is 0 Å².